The van der Waals surface area contributed by atoms with Crippen LogP contribution in [0.25, 0.3) is 11.1 Å². The lowest BCUT2D eigenvalue weighted by Gasteiger charge is -2.13. The SMILES string of the molecule is CCCc1nc(C)c(C(=O)OCC)n1Cc1ccc(-c2ccccc2C(=O)O)cc1. The number of rotatable bonds is 8. The number of aryl methyl sites for hydroxylation is 2. The summed E-state index contributed by atoms with van der Waals surface area (Å²) in [5.41, 5.74) is 3.92. The lowest BCUT2D eigenvalue weighted by molar-refractivity contribution is 0.0512. The molecule has 0 saturated heterocycles. The summed E-state index contributed by atoms with van der Waals surface area (Å²) < 4.78 is 7.16. The molecule has 0 saturated carbocycles. The van der Waals surface area contributed by atoms with Gasteiger partial charge in [0.1, 0.15) is 5.82 Å². The van der Waals surface area contributed by atoms with Crippen molar-refractivity contribution in [3.8, 4) is 11.1 Å². The Morgan fingerprint density at radius 3 is 2.40 bits per heavy atom. The number of nitrogens with zero attached hydrogens (tertiary/aromatic N) is 2. The maximum absolute atomic E-state index is 12.5. The van der Waals surface area contributed by atoms with Gasteiger partial charge >= 0.3 is 11.9 Å². The molecule has 3 rings (SSSR count). The van der Waals surface area contributed by atoms with Gasteiger partial charge in [-0.25, -0.2) is 14.6 Å². The fourth-order valence-corrected chi connectivity index (χ4v) is 3.57. The molecule has 6 nitrogen and oxygen atoms in total. The first-order chi connectivity index (χ1) is 14.5. The quantitative estimate of drug-likeness (QED) is 0.547. The van der Waals surface area contributed by atoms with Crippen molar-refractivity contribution in [2.24, 2.45) is 0 Å². The second kappa shape index (κ2) is 9.39. The number of hydrogen-bond donors (Lipinski definition) is 1. The molecule has 0 bridgehead atoms. The van der Waals surface area contributed by atoms with Gasteiger partial charge < -0.3 is 14.4 Å². The highest BCUT2D eigenvalue weighted by Gasteiger charge is 2.21. The Hall–Kier alpha value is -3.41. The average molecular weight is 406 g/mol. The van der Waals surface area contributed by atoms with E-state index in [2.05, 4.69) is 11.9 Å². The molecule has 0 spiro atoms. The van der Waals surface area contributed by atoms with Crippen LogP contribution in [0.15, 0.2) is 48.5 Å². The Labute approximate surface area is 176 Å². The van der Waals surface area contributed by atoms with Crippen molar-refractivity contribution in [2.45, 2.75) is 40.2 Å². The van der Waals surface area contributed by atoms with Crippen molar-refractivity contribution < 1.29 is 19.4 Å². The van der Waals surface area contributed by atoms with Gasteiger partial charge in [-0.2, -0.15) is 0 Å². The highest BCUT2D eigenvalue weighted by atomic mass is 16.5. The molecule has 0 aliphatic heterocycles. The van der Waals surface area contributed by atoms with Crippen LogP contribution in [-0.4, -0.2) is 33.2 Å². The molecular formula is C24H26N2O4. The number of hydrogen-bond acceptors (Lipinski definition) is 4. The van der Waals surface area contributed by atoms with Crippen LogP contribution < -0.4 is 0 Å². The summed E-state index contributed by atoms with van der Waals surface area (Å²) in [7, 11) is 0. The summed E-state index contributed by atoms with van der Waals surface area (Å²) in [4.78, 5) is 28.6. The van der Waals surface area contributed by atoms with E-state index in [0.717, 1.165) is 29.8 Å². The largest absolute Gasteiger partial charge is 0.478 e. The Morgan fingerprint density at radius 2 is 1.77 bits per heavy atom. The van der Waals surface area contributed by atoms with Gasteiger partial charge in [0.15, 0.2) is 5.69 Å². The van der Waals surface area contributed by atoms with Gasteiger partial charge in [0.2, 0.25) is 0 Å². The minimum atomic E-state index is -0.952. The summed E-state index contributed by atoms with van der Waals surface area (Å²) in [5.74, 6) is -0.456. The first-order valence-corrected chi connectivity index (χ1v) is 10.1. The molecule has 1 aromatic heterocycles. The number of carbonyl (C=O) groups excluding carboxylic acids is 1. The molecule has 2 aromatic carbocycles. The summed E-state index contributed by atoms with van der Waals surface area (Å²) in [6.07, 6.45) is 1.69. The lowest BCUT2D eigenvalue weighted by atomic mass is 9.99. The first-order valence-electron chi connectivity index (χ1n) is 10.1. The summed E-state index contributed by atoms with van der Waals surface area (Å²) in [5, 5.41) is 9.43. The molecule has 3 aromatic rings. The molecule has 156 valence electrons. The van der Waals surface area contributed by atoms with E-state index in [1.165, 1.54) is 0 Å². The van der Waals surface area contributed by atoms with E-state index in [1.807, 2.05) is 41.8 Å². The second-order valence-corrected chi connectivity index (χ2v) is 7.07. The van der Waals surface area contributed by atoms with Crippen molar-refractivity contribution in [1.29, 1.82) is 0 Å². The Kier molecular flexibility index (Phi) is 6.67. The first kappa shape index (κ1) is 21.3. The monoisotopic (exact) mass is 406 g/mol. The third kappa shape index (κ3) is 4.43. The van der Waals surface area contributed by atoms with Gasteiger partial charge in [-0.05, 0) is 43.0 Å². The number of carboxylic acids is 1. The number of aromatic carboxylic acids is 1. The number of carbonyl (C=O) groups is 2. The Bertz CT molecular complexity index is 1050. The predicted octanol–water partition coefficient (Wildman–Crippen LogP) is 4.73. The van der Waals surface area contributed by atoms with Crippen LogP contribution in [0.3, 0.4) is 0 Å². The maximum atomic E-state index is 12.5. The molecule has 30 heavy (non-hydrogen) atoms. The summed E-state index contributed by atoms with van der Waals surface area (Å²) in [6.45, 7) is 6.49. The molecular weight excluding hydrogens is 380 g/mol. The highest BCUT2D eigenvalue weighted by Crippen LogP contribution is 2.25. The fourth-order valence-electron chi connectivity index (χ4n) is 3.57. The standard InChI is InChI=1S/C24H26N2O4/c1-4-8-21-25-16(3)22(24(29)30-5-2)26(21)15-17-11-13-18(14-12-17)19-9-6-7-10-20(19)23(27)28/h6-7,9-14H,4-5,8,15H2,1-3H3,(H,27,28). The van der Waals surface area contributed by atoms with Crippen LogP contribution in [0.5, 0.6) is 0 Å². The van der Waals surface area contributed by atoms with Gasteiger partial charge in [-0.3, -0.25) is 0 Å². The Morgan fingerprint density at radius 1 is 1.07 bits per heavy atom. The zero-order chi connectivity index (χ0) is 21.7. The zero-order valence-electron chi connectivity index (χ0n) is 17.5. The smallest absolute Gasteiger partial charge is 0.356 e. The lowest BCUT2D eigenvalue weighted by Crippen LogP contribution is -2.16. The normalized spacial score (nSPS) is 10.8. The zero-order valence-corrected chi connectivity index (χ0v) is 17.5. The van der Waals surface area contributed by atoms with E-state index in [1.54, 1.807) is 25.1 Å². The van der Waals surface area contributed by atoms with E-state index < -0.39 is 5.97 Å². The van der Waals surface area contributed by atoms with Crippen LogP contribution in [0.4, 0.5) is 0 Å². The van der Waals surface area contributed by atoms with Crippen LogP contribution in [-0.2, 0) is 17.7 Å². The van der Waals surface area contributed by atoms with Crippen molar-refractivity contribution in [2.75, 3.05) is 6.61 Å². The molecule has 0 atom stereocenters. The van der Waals surface area contributed by atoms with Gasteiger partial charge in [-0.15, -0.1) is 0 Å². The van der Waals surface area contributed by atoms with Crippen LogP contribution in [0.1, 0.15) is 58.2 Å². The molecule has 0 unspecified atom stereocenters. The van der Waals surface area contributed by atoms with Crippen molar-refractivity contribution in [3.05, 3.63) is 76.9 Å². The molecule has 0 amide bonds. The van der Waals surface area contributed by atoms with Crippen molar-refractivity contribution in [3.63, 3.8) is 0 Å². The molecule has 1 N–H and O–H groups in total. The second-order valence-electron chi connectivity index (χ2n) is 7.07. The third-order valence-corrected chi connectivity index (χ3v) is 4.93. The van der Waals surface area contributed by atoms with Crippen LogP contribution in [0.2, 0.25) is 0 Å². The third-order valence-electron chi connectivity index (χ3n) is 4.93. The van der Waals surface area contributed by atoms with E-state index in [4.69, 9.17) is 4.74 Å². The topological polar surface area (TPSA) is 81.4 Å². The van der Waals surface area contributed by atoms with E-state index in [-0.39, 0.29) is 11.5 Å². The van der Waals surface area contributed by atoms with Gasteiger partial charge in [0.05, 0.1) is 17.9 Å². The van der Waals surface area contributed by atoms with Gasteiger partial charge in [-0.1, -0.05) is 49.4 Å². The molecule has 0 aliphatic rings. The minimum Gasteiger partial charge on any atom is -0.478 e. The number of esters is 1. The number of carboxylic acid groups (broad SMARTS) is 1. The van der Waals surface area contributed by atoms with E-state index in [9.17, 15) is 14.7 Å². The van der Waals surface area contributed by atoms with Crippen LogP contribution >= 0.6 is 0 Å². The molecule has 0 fully saturated rings. The number of imidazole rings is 1. The molecule has 1 heterocycles. The number of ether oxygens (including phenoxy) is 1. The van der Waals surface area contributed by atoms with Gasteiger partial charge in [0.25, 0.3) is 0 Å². The number of benzene rings is 2. The minimum absolute atomic E-state index is 0.269. The number of aromatic nitrogens is 2. The summed E-state index contributed by atoms with van der Waals surface area (Å²) in [6, 6.07) is 14.7. The Balaban J connectivity index is 1.94. The summed E-state index contributed by atoms with van der Waals surface area (Å²) >= 11 is 0. The van der Waals surface area contributed by atoms with Crippen molar-refractivity contribution >= 4 is 11.9 Å². The molecule has 0 radical (unpaired) electrons. The predicted molar refractivity (Wildman–Crippen MR) is 115 cm³/mol. The molecule has 0 aliphatic carbocycles. The fraction of sp³-hybridized carbons (Fsp3) is 0.292. The highest BCUT2D eigenvalue weighted by molar-refractivity contribution is 5.96. The van der Waals surface area contributed by atoms with Gasteiger partial charge in [0, 0.05) is 13.0 Å². The van der Waals surface area contributed by atoms with Crippen LogP contribution in [0, 0.1) is 6.92 Å². The average Bonchev–Trinajstić information content (AvgIpc) is 3.03. The molecule has 6 heteroatoms. The van der Waals surface area contributed by atoms with Crippen molar-refractivity contribution in [1.82, 2.24) is 9.55 Å². The van der Waals surface area contributed by atoms with E-state index in [0.29, 0.717) is 30.1 Å². The van der Waals surface area contributed by atoms with E-state index >= 15 is 0 Å². The maximum Gasteiger partial charge on any atom is 0.356 e.